The van der Waals surface area contributed by atoms with Crippen molar-refractivity contribution in [1.29, 1.82) is 0 Å². The summed E-state index contributed by atoms with van der Waals surface area (Å²) in [5.41, 5.74) is 0. The molecule has 1 fully saturated rings. The molecule has 0 aliphatic heterocycles. The summed E-state index contributed by atoms with van der Waals surface area (Å²) in [7, 11) is 0. The molecule has 1 aliphatic rings. The summed E-state index contributed by atoms with van der Waals surface area (Å²) in [6.07, 6.45) is 3.71. The van der Waals surface area contributed by atoms with Crippen LogP contribution < -0.4 is 0 Å². The average molecular weight is 135 g/mol. The van der Waals surface area contributed by atoms with Gasteiger partial charge < -0.3 is 5.11 Å². The van der Waals surface area contributed by atoms with Crippen LogP contribution in [0.5, 0.6) is 0 Å². The molecule has 2 heteroatoms. The molecular formula is C6H11ClO. The minimum absolute atomic E-state index is 0.0648. The van der Waals surface area contributed by atoms with Gasteiger partial charge in [-0.15, -0.1) is 11.6 Å². The van der Waals surface area contributed by atoms with Crippen LogP contribution in [0.15, 0.2) is 0 Å². The van der Waals surface area contributed by atoms with Crippen molar-refractivity contribution in [3.05, 3.63) is 0 Å². The summed E-state index contributed by atoms with van der Waals surface area (Å²) in [6, 6.07) is 0. The van der Waals surface area contributed by atoms with Gasteiger partial charge in [-0.1, -0.05) is 0 Å². The molecule has 48 valence electrons. The van der Waals surface area contributed by atoms with Gasteiger partial charge in [0, 0.05) is 5.38 Å². The minimum Gasteiger partial charge on any atom is -0.393 e. The van der Waals surface area contributed by atoms with Crippen LogP contribution in [0.2, 0.25) is 0 Å². The first kappa shape index (κ1) is 6.37. The summed E-state index contributed by atoms with van der Waals surface area (Å²) in [6.45, 7) is 0. The van der Waals surface area contributed by atoms with E-state index in [1.807, 2.05) is 0 Å². The second-order valence-electron chi connectivity index (χ2n) is 2.41. The predicted molar refractivity (Wildman–Crippen MR) is 34.1 cm³/mol. The highest BCUT2D eigenvalue weighted by Gasteiger charge is 2.16. The monoisotopic (exact) mass is 134 g/mol. The van der Waals surface area contributed by atoms with E-state index in [9.17, 15) is 0 Å². The normalized spacial score (nSPS) is 39.8. The van der Waals surface area contributed by atoms with Crippen molar-refractivity contribution in [3.63, 3.8) is 0 Å². The van der Waals surface area contributed by atoms with Crippen LogP contribution >= 0.6 is 11.6 Å². The third kappa shape index (κ3) is 1.64. The van der Waals surface area contributed by atoms with Crippen LogP contribution in [0.25, 0.3) is 0 Å². The molecule has 0 amide bonds. The van der Waals surface area contributed by atoms with E-state index < -0.39 is 0 Å². The topological polar surface area (TPSA) is 20.2 Å². The first-order valence-electron chi connectivity index (χ1n) is 3.11. The maximum absolute atomic E-state index is 8.97. The van der Waals surface area contributed by atoms with Crippen LogP contribution in [0.4, 0.5) is 0 Å². The smallest absolute Gasteiger partial charge is 0.0541 e. The molecule has 8 heavy (non-hydrogen) atoms. The standard InChI is InChI=1S/C6H11ClO/c7-5-1-3-6(8)4-2-5/h5-6,8H,1-4H2/t5-,6-. The molecule has 0 radical (unpaired) electrons. The summed E-state index contributed by atoms with van der Waals surface area (Å²) >= 11 is 5.77. The lowest BCUT2D eigenvalue weighted by Crippen LogP contribution is -2.17. The summed E-state index contributed by atoms with van der Waals surface area (Å²) in [4.78, 5) is 0. The van der Waals surface area contributed by atoms with E-state index >= 15 is 0 Å². The van der Waals surface area contributed by atoms with E-state index in [0.29, 0.717) is 5.38 Å². The Bertz CT molecular complexity index is 56.9. The number of hydrogen-bond donors (Lipinski definition) is 1. The average Bonchev–Trinajstić information content (AvgIpc) is 1.77. The number of alkyl halides is 1. The molecule has 0 saturated heterocycles. The number of hydrogen-bond acceptors (Lipinski definition) is 1. The molecule has 0 aromatic carbocycles. The SMILES string of the molecule is O[C@H]1CC[C@H](Cl)CC1. The molecule has 0 aromatic heterocycles. The second-order valence-corrected chi connectivity index (χ2v) is 3.02. The van der Waals surface area contributed by atoms with Gasteiger partial charge in [0.05, 0.1) is 6.10 Å². The van der Waals surface area contributed by atoms with Crippen LogP contribution in [0.3, 0.4) is 0 Å². The second kappa shape index (κ2) is 2.70. The fraction of sp³-hybridized carbons (Fsp3) is 1.00. The maximum atomic E-state index is 8.97. The molecule has 0 heterocycles. The molecule has 1 aliphatic carbocycles. The van der Waals surface area contributed by atoms with Gasteiger partial charge in [-0.2, -0.15) is 0 Å². The van der Waals surface area contributed by atoms with Gasteiger partial charge in [0.15, 0.2) is 0 Å². The zero-order valence-corrected chi connectivity index (χ0v) is 5.56. The Morgan fingerprint density at radius 3 is 2.00 bits per heavy atom. The lowest BCUT2D eigenvalue weighted by molar-refractivity contribution is 0.131. The molecule has 0 bridgehead atoms. The number of aliphatic hydroxyl groups excluding tert-OH is 1. The van der Waals surface area contributed by atoms with Crippen LogP contribution in [0, 0.1) is 0 Å². The quantitative estimate of drug-likeness (QED) is 0.499. The van der Waals surface area contributed by atoms with Crippen molar-refractivity contribution in [1.82, 2.24) is 0 Å². The molecule has 1 rings (SSSR count). The van der Waals surface area contributed by atoms with Crippen LogP contribution in [-0.2, 0) is 0 Å². The zero-order valence-electron chi connectivity index (χ0n) is 4.81. The van der Waals surface area contributed by atoms with Gasteiger partial charge in [-0.3, -0.25) is 0 Å². The highest BCUT2D eigenvalue weighted by atomic mass is 35.5. The van der Waals surface area contributed by atoms with Gasteiger partial charge in [-0.05, 0) is 25.7 Å². The molecule has 1 N–H and O–H groups in total. The van der Waals surface area contributed by atoms with Crippen molar-refractivity contribution in [3.8, 4) is 0 Å². The zero-order chi connectivity index (χ0) is 5.98. The summed E-state index contributed by atoms with van der Waals surface area (Å²) < 4.78 is 0. The largest absolute Gasteiger partial charge is 0.393 e. The molecular weight excluding hydrogens is 124 g/mol. The van der Waals surface area contributed by atoms with Gasteiger partial charge in [-0.25, -0.2) is 0 Å². The fourth-order valence-corrected chi connectivity index (χ4v) is 1.29. The highest BCUT2D eigenvalue weighted by molar-refractivity contribution is 6.20. The van der Waals surface area contributed by atoms with Crippen molar-refractivity contribution in [2.75, 3.05) is 0 Å². The van der Waals surface area contributed by atoms with Crippen molar-refractivity contribution in [2.45, 2.75) is 37.2 Å². The first-order valence-corrected chi connectivity index (χ1v) is 3.55. The lowest BCUT2D eigenvalue weighted by atomic mass is 9.98. The first-order chi connectivity index (χ1) is 3.79. The van der Waals surface area contributed by atoms with E-state index in [4.69, 9.17) is 16.7 Å². The summed E-state index contributed by atoms with van der Waals surface area (Å²) in [5.74, 6) is 0. The van der Waals surface area contributed by atoms with Crippen LogP contribution in [0.1, 0.15) is 25.7 Å². The number of rotatable bonds is 0. The van der Waals surface area contributed by atoms with Gasteiger partial charge in [0.2, 0.25) is 0 Å². The maximum Gasteiger partial charge on any atom is 0.0541 e. The molecule has 1 nitrogen and oxygen atoms in total. The van der Waals surface area contributed by atoms with Gasteiger partial charge >= 0.3 is 0 Å². The Morgan fingerprint density at radius 1 is 1.12 bits per heavy atom. The summed E-state index contributed by atoms with van der Waals surface area (Å²) in [5, 5.41) is 9.30. The highest BCUT2D eigenvalue weighted by Crippen LogP contribution is 2.22. The van der Waals surface area contributed by atoms with E-state index in [1.54, 1.807) is 0 Å². The third-order valence-corrected chi connectivity index (χ3v) is 2.06. The van der Waals surface area contributed by atoms with Crippen molar-refractivity contribution in [2.24, 2.45) is 0 Å². The van der Waals surface area contributed by atoms with Crippen LogP contribution in [-0.4, -0.2) is 16.6 Å². The Morgan fingerprint density at radius 2 is 1.62 bits per heavy atom. The molecule has 0 spiro atoms. The molecule has 0 atom stereocenters. The van der Waals surface area contributed by atoms with E-state index in [-0.39, 0.29) is 6.10 Å². The van der Waals surface area contributed by atoms with E-state index in [2.05, 4.69) is 0 Å². The Labute approximate surface area is 54.7 Å². The lowest BCUT2D eigenvalue weighted by Gasteiger charge is -2.19. The molecule has 0 unspecified atom stereocenters. The Balaban J connectivity index is 2.19. The number of aliphatic hydroxyl groups is 1. The minimum atomic E-state index is -0.0648. The van der Waals surface area contributed by atoms with E-state index in [0.717, 1.165) is 25.7 Å². The Hall–Kier alpha value is 0.250. The molecule has 0 aromatic rings. The van der Waals surface area contributed by atoms with E-state index in [1.165, 1.54) is 0 Å². The fourth-order valence-electron chi connectivity index (χ4n) is 1.04. The van der Waals surface area contributed by atoms with Gasteiger partial charge in [0.1, 0.15) is 0 Å². The Kier molecular flexibility index (Phi) is 2.15. The van der Waals surface area contributed by atoms with Crippen molar-refractivity contribution < 1.29 is 5.11 Å². The number of halogens is 1. The molecule has 1 saturated carbocycles. The third-order valence-electron chi connectivity index (χ3n) is 1.63. The predicted octanol–water partition coefficient (Wildman–Crippen LogP) is 1.53. The van der Waals surface area contributed by atoms with Gasteiger partial charge in [0.25, 0.3) is 0 Å². The van der Waals surface area contributed by atoms with Crippen molar-refractivity contribution >= 4 is 11.6 Å².